The van der Waals surface area contributed by atoms with Crippen LogP contribution in [0.2, 0.25) is 0 Å². The van der Waals surface area contributed by atoms with Crippen LogP contribution in [0.25, 0.3) is 0 Å². The molecule has 0 heterocycles. The molecule has 0 saturated heterocycles. The van der Waals surface area contributed by atoms with Crippen molar-refractivity contribution >= 4 is 17.9 Å². The molecule has 225 valence electrons. The second-order valence-corrected chi connectivity index (χ2v) is 11.3. The van der Waals surface area contributed by atoms with E-state index in [0.717, 1.165) is 77.0 Å². The number of carboxylic acid groups (broad SMARTS) is 3. The third-order valence-electron chi connectivity index (χ3n) is 7.19. The van der Waals surface area contributed by atoms with Crippen LogP contribution < -0.4 is 15.3 Å². The van der Waals surface area contributed by atoms with Crippen LogP contribution in [0.3, 0.4) is 0 Å². The topological polar surface area (TPSA) is 120 Å². The Morgan fingerprint density at radius 1 is 0.486 bits per heavy atom. The number of carbonyl (C=O) groups excluding carboxylic acids is 3. The van der Waals surface area contributed by atoms with Gasteiger partial charge in [-0.2, -0.15) is 0 Å². The minimum absolute atomic E-state index is 0. The van der Waals surface area contributed by atoms with Crippen LogP contribution in [-0.4, -0.2) is 17.9 Å². The van der Waals surface area contributed by atoms with Gasteiger partial charge in [-0.05, 0) is 32.1 Å². The number of unbranched alkanes of at least 4 members (excludes halogenated alkanes) is 6. The van der Waals surface area contributed by atoms with Crippen molar-refractivity contribution < 1.29 is 67.0 Å². The van der Waals surface area contributed by atoms with Crippen molar-refractivity contribution in [3.05, 3.63) is 0 Å². The molecule has 0 rings (SSSR count). The van der Waals surface area contributed by atoms with Crippen LogP contribution in [0.4, 0.5) is 0 Å². The van der Waals surface area contributed by atoms with E-state index in [0.29, 0.717) is 6.42 Å². The van der Waals surface area contributed by atoms with Crippen molar-refractivity contribution in [2.75, 3.05) is 0 Å². The monoisotopic (exact) mass is 679 g/mol. The minimum Gasteiger partial charge on any atom is -0.550 e. The summed E-state index contributed by atoms with van der Waals surface area (Å²) in [5.74, 6) is -2.72. The second-order valence-electron chi connectivity index (χ2n) is 11.3. The molecule has 0 aliphatic heterocycles. The van der Waals surface area contributed by atoms with Crippen LogP contribution >= 0.6 is 0 Å². The average molecular weight is 681 g/mol. The Labute approximate surface area is 258 Å². The second kappa shape index (κ2) is 24.7. The molecule has 2 unspecified atom stereocenters. The molecule has 0 N–H and O–H groups in total. The Kier molecular flexibility index (Phi) is 29.1. The summed E-state index contributed by atoms with van der Waals surface area (Å²) < 4.78 is 0. The first-order chi connectivity index (χ1) is 16.6. The number of carboxylic acids is 3. The molecule has 1 radical (unpaired) electrons. The van der Waals surface area contributed by atoms with Crippen molar-refractivity contribution in [2.24, 2.45) is 16.2 Å². The number of aliphatic carboxylic acids is 3. The van der Waals surface area contributed by atoms with Gasteiger partial charge in [0.1, 0.15) is 0 Å². The van der Waals surface area contributed by atoms with Crippen LogP contribution in [-0.2, 0) is 14.4 Å². The molecule has 7 heteroatoms. The zero-order chi connectivity index (χ0) is 28.8. The molecule has 0 aliphatic rings. The van der Waals surface area contributed by atoms with E-state index in [1.165, 1.54) is 12.8 Å². The van der Waals surface area contributed by atoms with Crippen LogP contribution in [0.1, 0.15) is 159 Å². The fourth-order valence-corrected chi connectivity index (χ4v) is 3.73. The smallest absolute Gasteiger partial charge is 0.550 e. The predicted octanol–water partition coefficient (Wildman–Crippen LogP) is 5.20. The van der Waals surface area contributed by atoms with E-state index in [9.17, 15) is 29.7 Å². The molecular weight excluding hydrogens is 624 g/mol. The van der Waals surface area contributed by atoms with E-state index in [1.54, 1.807) is 27.7 Å². The molecular formula is C30H57ErO6. The Morgan fingerprint density at radius 3 is 1.24 bits per heavy atom. The van der Waals surface area contributed by atoms with Gasteiger partial charge >= 0.3 is 37.3 Å². The van der Waals surface area contributed by atoms with Crippen LogP contribution in [0.5, 0.6) is 0 Å². The summed E-state index contributed by atoms with van der Waals surface area (Å²) in [6.45, 7) is 17.3. The Morgan fingerprint density at radius 2 is 0.892 bits per heavy atom. The molecule has 0 fully saturated rings. The number of hydrogen-bond donors (Lipinski definition) is 0. The average Bonchev–Trinajstić information content (AvgIpc) is 2.81. The molecule has 0 aromatic rings. The molecule has 2 atom stereocenters. The van der Waals surface area contributed by atoms with Gasteiger partial charge in [-0.15, -0.1) is 0 Å². The summed E-state index contributed by atoms with van der Waals surface area (Å²) in [7, 11) is 0. The first-order valence-electron chi connectivity index (χ1n) is 14.3. The van der Waals surface area contributed by atoms with E-state index in [4.69, 9.17) is 0 Å². The van der Waals surface area contributed by atoms with Gasteiger partial charge in [0.15, 0.2) is 0 Å². The van der Waals surface area contributed by atoms with Crippen molar-refractivity contribution in [2.45, 2.75) is 159 Å². The van der Waals surface area contributed by atoms with E-state index < -0.39 is 34.2 Å². The van der Waals surface area contributed by atoms with Crippen molar-refractivity contribution in [3.63, 3.8) is 0 Å². The first kappa shape index (κ1) is 43.7. The number of rotatable bonds is 18. The maximum atomic E-state index is 10.8. The van der Waals surface area contributed by atoms with Crippen molar-refractivity contribution in [1.29, 1.82) is 0 Å². The summed E-state index contributed by atoms with van der Waals surface area (Å²) in [6, 6.07) is 0. The third kappa shape index (κ3) is 22.2. The number of carbonyl (C=O) groups is 3. The van der Waals surface area contributed by atoms with Gasteiger partial charge in [-0.25, -0.2) is 0 Å². The molecule has 0 saturated carbocycles. The quantitative estimate of drug-likeness (QED) is 0.184. The predicted molar refractivity (Wildman–Crippen MR) is 143 cm³/mol. The third-order valence-corrected chi connectivity index (χ3v) is 7.19. The van der Waals surface area contributed by atoms with Gasteiger partial charge in [-0.3, -0.25) is 0 Å². The van der Waals surface area contributed by atoms with Crippen molar-refractivity contribution in [3.8, 4) is 0 Å². The standard InChI is InChI=1S/3C10H20O2.Er/c1-4-5-6-7-8-10(2,3)9(11)12;1-4-6-7-8-10(3,5-2)9(11)12;1-4-6-8-10(3,7-5-2)9(11)12;/h3*4-8H2,1-3H3,(H,11,12);/q;;;+3/p-3. The van der Waals surface area contributed by atoms with E-state index >= 15 is 0 Å². The molecule has 0 aromatic heterocycles. The van der Waals surface area contributed by atoms with Gasteiger partial charge in [0, 0.05) is 34.2 Å². The van der Waals surface area contributed by atoms with Gasteiger partial charge in [-0.1, -0.05) is 127 Å². The largest absolute Gasteiger partial charge is 3.00 e. The molecule has 0 bridgehead atoms. The van der Waals surface area contributed by atoms with Gasteiger partial charge in [0.25, 0.3) is 0 Å². The zero-order valence-corrected chi connectivity index (χ0v) is 27.2. The minimum atomic E-state index is -0.931. The van der Waals surface area contributed by atoms with E-state index in [1.807, 2.05) is 13.8 Å². The summed E-state index contributed by atoms with van der Waals surface area (Å²) in [5.41, 5.74) is -1.84. The Bertz CT molecular complexity index is 593. The molecule has 0 amide bonds. The fourth-order valence-electron chi connectivity index (χ4n) is 3.73. The van der Waals surface area contributed by atoms with Gasteiger partial charge in [0.05, 0.1) is 0 Å². The molecule has 6 nitrogen and oxygen atoms in total. The zero-order valence-electron chi connectivity index (χ0n) is 25.3. The molecule has 37 heavy (non-hydrogen) atoms. The van der Waals surface area contributed by atoms with E-state index in [-0.39, 0.29) is 37.3 Å². The molecule has 0 aliphatic carbocycles. The number of hydrogen-bond acceptors (Lipinski definition) is 6. The van der Waals surface area contributed by atoms with Crippen LogP contribution in [0, 0.1) is 53.6 Å². The van der Waals surface area contributed by atoms with Gasteiger partial charge < -0.3 is 29.7 Å². The normalized spacial score (nSPS) is 13.9. The Hall–Kier alpha value is -0.343. The fraction of sp³-hybridized carbons (Fsp3) is 0.900. The molecule has 0 spiro atoms. The Balaban J connectivity index is -0.000000218. The first-order valence-corrected chi connectivity index (χ1v) is 14.3. The summed E-state index contributed by atoms with van der Waals surface area (Å²) in [5, 5.41) is 32.1. The summed E-state index contributed by atoms with van der Waals surface area (Å²) in [6.07, 6.45) is 14.3. The van der Waals surface area contributed by atoms with Crippen LogP contribution in [0.15, 0.2) is 0 Å². The molecule has 0 aromatic carbocycles. The van der Waals surface area contributed by atoms with E-state index in [2.05, 4.69) is 20.8 Å². The summed E-state index contributed by atoms with van der Waals surface area (Å²) >= 11 is 0. The maximum absolute atomic E-state index is 10.8. The SMILES string of the molecule is CCCCC(C)(CCC)C(=O)[O-].CCCCCC(C)(CC)C(=O)[O-].CCCCCCC(C)(C)C(=O)[O-].[Er+3]. The maximum Gasteiger partial charge on any atom is 3.00 e. The summed E-state index contributed by atoms with van der Waals surface area (Å²) in [4.78, 5) is 32.1. The van der Waals surface area contributed by atoms with Crippen molar-refractivity contribution in [1.82, 2.24) is 0 Å². The van der Waals surface area contributed by atoms with Gasteiger partial charge in [0.2, 0.25) is 0 Å².